The van der Waals surface area contributed by atoms with E-state index < -0.39 is 12.7 Å². The number of alkyl halides is 3. The second-order valence-corrected chi connectivity index (χ2v) is 6.81. The van der Waals surface area contributed by atoms with Gasteiger partial charge in [-0.2, -0.15) is 18.2 Å². The summed E-state index contributed by atoms with van der Waals surface area (Å²) < 4.78 is 48.1. The lowest BCUT2D eigenvalue weighted by Crippen LogP contribution is -2.35. The summed E-state index contributed by atoms with van der Waals surface area (Å²) >= 11 is 5.88. The van der Waals surface area contributed by atoms with Crippen LogP contribution in [0.2, 0.25) is 5.02 Å². The smallest absolute Gasteiger partial charge is 0.405 e. The number of rotatable bonds is 7. The largest absolute Gasteiger partial charge is 0.495 e. The molecule has 2 aromatic rings. The van der Waals surface area contributed by atoms with Gasteiger partial charge in [-0.05, 0) is 17.7 Å². The first-order valence-electron chi connectivity index (χ1n) is 8.91. The summed E-state index contributed by atoms with van der Waals surface area (Å²) in [5, 5.41) is 5.12. The van der Waals surface area contributed by atoms with Crippen molar-refractivity contribution in [3.8, 4) is 5.75 Å². The summed E-state index contributed by atoms with van der Waals surface area (Å²) in [6, 6.07) is 5.66. The van der Waals surface area contributed by atoms with Gasteiger partial charge in [-0.25, -0.2) is 4.98 Å². The van der Waals surface area contributed by atoms with Gasteiger partial charge in [-0.1, -0.05) is 17.7 Å². The Labute approximate surface area is 171 Å². The van der Waals surface area contributed by atoms with Gasteiger partial charge < -0.3 is 20.1 Å². The van der Waals surface area contributed by atoms with Crippen LogP contribution in [0, 0.1) is 0 Å². The first-order valence-corrected chi connectivity index (χ1v) is 9.29. The van der Waals surface area contributed by atoms with Crippen LogP contribution >= 0.6 is 11.6 Å². The molecule has 1 fully saturated rings. The van der Waals surface area contributed by atoms with Gasteiger partial charge in [0.1, 0.15) is 17.3 Å². The molecule has 2 N–H and O–H groups in total. The van der Waals surface area contributed by atoms with E-state index in [1.165, 1.54) is 13.3 Å². The maximum atomic E-state index is 12.4. The highest BCUT2D eigenvalue weighted by Gasteiger charge is 2.27. The molecule has 0 unspecified atom stereocenters. The molecule has 0 spiro atoms. The molecule has 3 rings (SSSR count). The quantitative estimate of drug-likeness (QED) is 0.692. The van der Waals surface area contributed by atoms with Crippen LogP contribution in [0.5, 0.6) is 5.75 Å². The number of methoxy groups -OCH3 is 1. The predicted octanol–water partition coefficient (Wildman–Crippen LogP) is 3.69. The van der Waals surface area contributed by atoms with Crippen LogP contribution in [0.15, 0.2) is 24.4 Å². The van der Waals surface area contributed by atoms with Crippen LogP contribution in [-0.2, 0) is 11.3 Å². The number of benzene rings is 1. The third-order valence-corrected chi connectivity index (χ3v) is 4.50. The Balaban J connectivity index is 1.72. The number of ether oxygens (including phenoxy) is 2. The van der Waals surface area contributed by atoms with Crippen molar-refractivity contribution in [1.29, 1.82) is 0 Å². The molecule has 0 radical (unpaired) electrons. The van der Waals surface area contributed by atoms with Crippen LogP contribution in [0.3, 0.4) is 0 Å². The van der Waals surface area contributed by atoms with Gasteiger partial charge in [0.15, 0.2) is 5.82 Å². The van der Waals surface area contributed by atoms with Crippen molar-refractivity contribution in [2.24, 2.45) is 0 Å². The predicted molar refractivity (Wildman–Crippen MR) is 104 cm³/mol. The molecule has 0 saturated carbocycles. The maximum absolute atomic E-state index is 12.4. The lowest BCUT2D eigenvalue weighted by Gasteiger charge is -2.26. The van der Waals surface area contributed by atoms with Crippen molar-refractivity contribution in [3.05, 3.63) is 35.0 Å². The van der Waals surface area contributed by atoms with E-state index in [0.29, 0.717) is 11.4 Å². The lowest BCUT2D eigenvalue weighted by atomic mass is 10.1. The van der Waals surface area contributed by atoms with Gasteiger partial charge in [0, 0.05) is 19.6 Å². The second kappa shape index (κ2) is 9.47. The van der Waals surface area contributed by atoms with Crippen LogP contribution in [0.1, 0.15) is 5.56 Å². The van der Waals surface area contributed by atoms with Crippen molar-refractivity contribution >= 4 is 29.1 Å². The molecule has 158 valence electrons. The lowest BCUT2D eigenvalue weighted by molar-refractivity contribution is -0.115. The summed E-state index contributed by atoms with van der Waals surface area (Å²) in [6.07, 6.45) is -3.16. The van der Waals surface area contributed by atoms with E-state index >= 15 is 0 Å². The zero-order valence-corrected chi connectivity index (χ0v) is 16.5. The van der Waals surface area contributed by atoms with E-state index in [2.05, 4.69) is 25.5 Å². The summed E-state index contributed by atoms with van der Waals surface area (Å²) in [6.45, 7) is 2.69. The maximum Gasteiger partial charge on any atom is 0.405 e. The van der Waals surface area contributed by atoms with E-state index in [1.54, 1.807) is 0 Å². The zero-order valence-electron chi connectivity index (χ0n) is 15.7. The van der Waals surface area contributed by atoms with E-state index in [0.717, 1.165) is 38.4 Å². The van der Waals surface area contributed by atoms with Crippen LogP contribution in [0.4, 0.5) is 30.6 Å². The van der Waals surface area contributed by atoms with Gasteiger partial charge in [0.25, 0.3) is 0 Å². The normalized spacial score (nSPS) is 15.2. The Morgan fingerprint density at radius 1 is 1.28 bits per heavy atom. The first-order chi connectivity index (χ1) is 13.8. The highest BCUT2D eigenvalue weighted by molar-refractivity contribution is 6.32. The minimum atomic E-state index is -4.39. The van der Waals surface area contributed by atoms with Gasteiger partial charge in [-0.3, -0.25) is 4.90 Å². The van der Waals surface area contributed by atoms with Gasteiger partial charge >= 0.3 is 6.18 Å². The Morgan fingerprint density at radius 2 is 2.03 bits per heavy atom. The Kier molecular flexibility index (Phi) is 6.99. The SMILES string of the molecule is COc1cc(CN2CCOCC2)ccc1Nc1ncc(Cl)c(NCC(F)(F)F)n1. The van der Waals surface area contributed by atoms with Crippen LogP contribution in [0.25, 0.3) is 0 Å². The fraction of sp³-hybridized carbons (Fsp3) is 0.444. The van der Waals surface area contributed by atoms with E-state index in [9.17, 15) is 13.2 Å². The fourth-order valence-electron chi connectivity index (χ4n) is 2.81. The highest BCUT2D eigenvalue weighted by atomic mass is 35.5. The van der Waals surface area contributed by atoms with Gasteiger partial charge in [0.05, 0.1) is 32.2 Å². The summed E-state index contributed by atoms with van der Waals surface area (Å²) in [5.41, 5.74) is 1.65. The fourth-order valence-corrected chi connectivity index (χ4v) is 2.97. The van der Waals surface area contributed by atoms with Crippen LogP contribution < -0.4 is 15.4 Å². The molecule has 7 nitrogen and oxygen atoms in total. The van der Waals surface area contributed by atoms with E-state index in [-0.39, 0.29) is 16.8 Å². The molecule has 1 saturated heterocycles. The molecule has 1 aliphatic heterocycles. The monoisotopic (exact) mass is 431 g/mol. The standard InChI is InChI=1S/C18H21ClF3N5O2/c1-28-15-8-12(10-27-4-6-29-7-5-27)2-3-14(15)25-17-23-9-13(19)16(26-17)24-11-18(20,21)22/h2-3,8-9H,4-7,10-11H2,1H3,(H2,23,24,25,26). The number of anilines is 3. The Morgan fingerprint density at radius 3 is 2.72 bits per heavy atom. The number of morpholine rings is 1. The zero-order chi connectivity index (χ0) is 20.9. The summed E-state index contributed by atoms with van der Waals surface area (Å²) in [4.78, 5) is 10.3. The molecule has 29 heavy (non-hydrogen) atoms. The van der Waals surface area contributed by atoms with Crippen molar-refractivity contribution in [2.75, 3.05) is 50.6 Å². The first kappa shape index (κ1) is 21.4. The number of hydrogen-bond acceptors (Lipinski definition) is 7. The van der Waals surface area contributed by atoms with Crippen molar-refractivity contribution in [3.63, 3.8) is 0 Å². The average molecular weight is 432 g/mol. The average Bonchev–Trinajstić information content (AvgIpc) is 2.69. The van der Waals surface area contributed by atoms with E-state index in [4.69, 9.17) is 21.1 Å². The minimum Gasteiger partial charge on any atom is -0.495 e. The molecular formula is C18H21ClF3N5O2. The summed E-state index contributed by atoms with van der Waals surface area (Å²) in [7, 11) is 1.54. The third-order valence-electron chi connectivity index (χ3n) is 4.22. The van der Waals surface area contributed by atoms with Crippen molar-refractivity contribution in [1.82, 2.24) is 14.9 Å². The Hall–Kier alpha value is -2.30. The molecule has 0 aliphatic carbocycles. The van der Waals surface area contributed by atoms with Gasteiger partial charge in [0.2, 0.25) is 5.95 Å². The Bertz CT molecular complexity index is 832. The second-order valence-electron chi connectivity index (χ2n) is 6.41. The minimum absolute atomic E-state index is 0.00683. The number of nitrogens with one attached hydrogen (secondary N) is 2. The molecular weight excluding hydrogens is 411 g/mol. The van der Waals surface area contributed by atoms with Gasteiger partial charge in [-0.15, -0.1) is 0 Å². The molecule has 1 aromatic carbocycles. The number of halogens is 4. The number of aromatic nitrogens is 2. The number of nitrogens with zero attached hydrogens (tertiary/aromatic N) is 3. The molecule has 0 atom stereocenters. The molecule has 0 amide bonds. The molecule has 2 heterocycles. The number of hydrogen-bond donors (Lipinski definition) is 2. The molecule has 1 aromatic heterocycles. The van der Waals surface area contributed by atoms with E-state index in [1.807, 2.05) is 18.2 Å². The highest BCUT2D eigenvalue weighted by Crippen LogP contribution is 2.30. The molecule has 0 bridgehead atoms. The molecule has 1 aliphatic rings. The van der Waals surface area contributed by atoms with Crippen LogP contribution in [-0.4, -0.2) is 61.0 Å². The van der Waals surface area contributed by atoms with Crippen molar-refractivity contribution < 1.29 is 22.6 Å². The topological polar surface area (TPSA) is 71.5 Å². The molecule has 11 heteroatoms. The van der Waals surface area contributed by atoms with Crippen molar-refractivity contribution in [2.45, 2.75) is 12.7 Å². The third kappa shape index (κ3) is 6.34. The summed E-state index contributed by atoms with van der Waals surface area (Å²) in [5.74, 6) is 0.557.